The fraction of sp³-hybridized carbons (Fsp3) is 0.500. The number of unbranched alkanes of at least 4 members (excludes halogenated alkanes) is 1. The number of rotatable bonds is 9. The maximum atomic E-state index is 12.0. The van der Waals surface area contributed by atoms with Crippen LogP contribution in [0.1, 0.15) is 51.2 Å². The molecule has 3 N–H and O–H groups in total. The first-order chi connectivity index (χ1) is 12.4. The van der Waals surface area contributed by atoms with E-state index in [9.17, 15) is 19.8 Å². The zero-order valence-electron chi connectivity index (χ0n) is 15.6. The van der Waals surface area contributed by atoms with E-state index < -0.39 is 17.6 Å². The molecule has 1 heterocycles. The summed E-state index contributed by atoms with van der Waals surface area (Å²) in [6, 6.07) is 4.07. The molecular weight excluding hydrogens is 334 g/mol. The van der Waals surface area contributed by atoms with Crippen molar-refractivity contribution in [3.8, 4) is 5.75 Å². The quantitative estimate of drug-likeness (QED) is 0.650. The van der Waals surface area contributed by atoms with E-state index in [1.54, 1.807) is 17.4 Å². The first-order valence-corrected chi connectivity index (χ1v) is 9.20. The number of benzene rings is 1. The Balaban J connectivity index is 2.43. The number of fused-ring (bicyclic) bond motifs is 1. The van der Waals surface area contributed by atoms with Crippen LogP contribution in [-0.4, -0.2) is 17.1 Å². The summed E-state index contributed by atoms with van der Waals surface area (Å²) in [4.78, 5) is 23.4. The van der Waals surface area contributed by atoms with Crippen LogP contribution >= 0.6 is 0 Å². The highest BCUT2D eigenvalue weighted by atomic mass is 16.4. The van der Waals surface area contributed by atoms with Gasteiger partial charge >= 0.3 is 5.63 Å². The van der Waals surface area contributed by atoms with Gasteiger partial charge in [0.1, 0.15) is 18.3 Å². The van der Waals surface area contributed by atoms with Gasteiger partial charge in [-0.15, -0.1) is 0 Å². The number of hydrogen-bond acceptors (Lipinski definition) is 5. The summed E-state index contributed by atoms with van der Waals surface area (Å²) in [5, 5.41) is 24.1. The summed E-state index contributed by atoms with van der Waals surface area (Å²) in [6.07, 6.45) is 3.40. The molecule has 0 unspecified atom stereocenters. The summed E-state index contributed by atoms with van der Waals surface area (Å²) in [5.41, 5.74) is 1.19. The maximum absolute atomic E-state index is 12.0. The minimum absolute atomic E-state index is 0.00853. The van der Waals surface area contributed by atoms with Crippen LogP contribution in [0.2, 0.25) is 0 Å². The van der Waals surface area contributed by atoms with Crippen LogP contribution in [0.4, 0.5) is 0 Å². The summed E-state index contributed by atoms with van der Waals surface area (Å²) in [7, 11) is 0. The van der Waals surface area contributed by atoms with Crippen LogP contribution in [0.5, 0.6) is 5.75 Å². The number of carbonyl (C=O) groups is 1. The number of carboxylic acid groups (broad SMARTS) is 1. The molecule has 0 saturated heterocycles. The predicted molar refractivity (Wildman–Crippen MR) is 96.6 cm³/mol. The summed E-state index contributed by atoms with van der Waals surface area (Å²) < 4.78 is 5.38. The monoisotopic (exact) mass is 361 g/mol. The molecule has 2 aromatic rings. The molecule has 0 aliphatic carbocycles. The van der Waals surface area contributed by atoms with Crippen LogP contribution in [0.25, 0.3) is 11.0 Å². The molecule has 0 spiro atoms. The second-order valence-corrected chi connectivity index (χ2v) is 6.80. The molecule has 26 heavy (non-hydrogen) atoms. The third-order valence-electron chi connectivity index (χ3n) is 4.98. The number of nitrogens with two attached hydrogens (primary N) is 1. The van der Waals surface area contributed by atoms with E-state index in [2.05, 4.69) is 6.92 Å². The van der Waals surface area contributed by atoms with Crippen molar-refractivity contribution in [1.82, 2.24) is 0 Å². The predicted octanol–water partition coefficient (Wildman–Crippen LogP) is 1.07. The van der Waals surface area contributed by atoms with Crippen molar-refractivity contribution in [2.75, 3.05) is 0 Å². The molecule has 0 bridgehead atoms. The summed E-state index contributed by atoms with van der Waals surface area (Å²) >= 11 is 0. The van der Waals surface area contributed by atoms with Crippen molar-refractivity contribution in [1.29, 1.82) is 0 Å². The topological polar surface area (TPSA) is 107 Å². The third kappa shape index (κ3) is 4.43. The Morgan fingerprint density at radius 1 is 1.35 bits per heavy atom. The lowest BCUT2D eigenvalue weighted by atomic mass is 9.98. The number of hydrogen-bond donors (Lipinski definition) is 2. The molecule has 0 fully saturated rings. The number of quaternary nitrogens is 1. The second-order valence-electron chi connectivity index (χ2n) is 6.80. The minimum atomic E-state index is -1.14. The molecule has 6 nitrogen and oxygen atoms in total. The highest BCUT2D eigenvalue weighted by Gasteiger charge is 2.22. The van der Waals surface area contributed by atoms with Gasteiger partial charge in [-0.3, -0.25) is 0 Å². The van der Waals surface area contributed by atoms with E-state index >= 15 is 0 Å². The van der Waals surface area contributed by atoms with Crippen molar-refractivity contribution in [2.45, 2.75) is 59.0 Å². The molecule has 0 aliphatic rings. The van der Waals surface area contributed by atoms with E-state index in [4.69, 9.17) is 4.42 Å². The first-order valence-electron chi connectivity index (χ1n) is 9.20. The van der Waals surface area contributed by atoms with Gasteiger partial charge in [-0.25, -0.2) is 4.79 Å². The number of carbonyl (C=O) groups excluding carboxylic acids is 1. The maximum Gasteiger partial charge on any atom is 0.336 e. The molecule has 0 amide bonds. The van der Waals surface area contributed by atoms with Crippen molar-refractivity contribution < 1.29 is 24.7 Å². The molecule has 2 atom stereocenters. The fourth-order valence-corrected chi connectivity index (χ4v) is 3.17. The van der Waals surface area contributed by atoms with Gasteiger partial charge in [0.2, 0.25) is 0 Å². The van der Waals surface area contributed by atoms with Gasteiger partial charge < -0.3 is 24.7 Å². The number of phenolic OH excluding ortho intramolecular Hbond substituents is 1. The number of aromatic hydroxyl groups is 1. The number of phenols is 1. The van der Waals surface area contributed by atoms with E-state index in [1.807, 2.05) is 13.8 Å². The van der Waals surface area contributed by atoms with Crippen LogP contribution < -0.4 is 16.0 Å². The Labute approximate surface area is 152 Å². The number of aryl methyl sites for hydroxylation is 1. The van der Waals surface area contributed by atoms with Crippen molar-refractivity contribution in [3.05, 3.63) is 39.7 Å². The van der Waals surface area contributed by atoms with E-state index in [0.29, 0.717) is 17.6 Å². The molecule has 0 aliphatic heterocycles. The lowest BCUT2D eigenvalue weighted by Gasteiger charge is -2.22. The zero-order valence-corrected chi connectivity index (χ0v) is 15.6. The Morgan fingerprint density at radius 2 is 2.08 bits per heavy atom. The molecular formula is C20H27NO5. The van der Waals surface area contributed by atoms with Crippen LogP contribution in [0.3, 0.4) is 0 Å². The standard InChI is InChI=1S/C20H27NO5/c1-4-6-7-13-10-17(23)26-19-14(13)8-9-16(22)15(19)11-21-18(20(24)25)12(3)5-2/h8-10,12,18,21-22H,4-7,11H2,1-3H3,(H,24,25)/t12-,18+/m0/s1. The smallest absolute Gasteiger partial charge is 0.336 e. The summed E-state index contributed by atoms with van der Waals surface area (Å²) in [6.45, 7) is 6.03. The van der Waals surface area contributed by atoms with E-state index in [-0.39, 0.29) is 18.2 Å². The fourth-order valence-electron chi connectivity index (χ4n) is 3.17. The normalized spacial score (nSPS) is 13.7. The Kier molecular flexibility index (Phi) is 6.80. The average molecular weight is 361 g/mol. The van der Waals surface area contributed by atoms with Gasteiger partial charge in [0.05, 0.1) is 11.5 Å². The Hall–Kier alpha value is -2.34. The number of aliphatic carboxylic acids is 1. The minimum Gasteiger partial charge on any atom is -0.544 e. The SMILES string of the molecule is CCCCc1cc(=O)oc2c(C[NH2+][C@@H](C(=O)[O-])[C@@H](C)CC)c(O)ccc12. The lowest BCUT2D eigenvalue weighted by Crippen LogP contribution is -2.93. The second kappa shape index (κ2) is 8.85. The van der Waals surface area contributed by atoms with Crippen molar-refractivity contribution in [2.24, 2.45) is 5.92 Å². The molecule has 0 saturated carbocycles. The van der Waals surface area contributed by atoms with Crippen LogP contribution in [0, 0.1) is 5.92 Å². The van der Waals surface area contributed by atoms with Crippen LogP contribution in [-0.2, 0) is 17.8 Å². The Morgan fingerprint density at radius 3 is 2.69 bits per heavy atom. The average Bonchev–Trinajstić information content (AvgIpc) is 2.60. The highest BCUT2D eigenvalue weighted by Crippen LogP contribution is 2.28. The molecule has 142 valence electrons. The highest BCUT2D eigenvalue weighted by molar-refractivity contribution is 5.85. The molecule has 6 heteroatoms. The van der Waals surface area contributed by atoms with Gasteiger partial charge in [-0.2, -0.15) is 0 Å². The molecule has 2 rings (SSSR count). The largest absolute Gasteiger partial charge is 0.544 e. The molecule has 1 aromatic carbocycles. The van der Waals surface area contributed by atoms with Gasteiger partial charge in [-0.05, 0) is 37.0 Å². The van der Waals surface area contributed by atoms with E-state index in [0.717, 1.165) is 30.2 Å². The van der Waals surface area contributed by atoms with Crippen molar-refractivity contribution >= 4 is 16.9 Å². The molecule has 0 radical (unpaired) electrons. The van der Waals surface area contributed by atoms with Gasteiger partial charge in [0.15, 0.2) is 5.58 Å². The van der Waals surface area contributed by atoms with Crippen LogP contribution in [0.15, 0.2) is 27.4 Å². The molecule has 1 aromatic heterocycles. The van der Waals surface area contributed by atoms with Gasteiger partial charge in [0.25, 0.3) is 0 Å². The van der Waals surface area contributed by atoms with Gasteiger partial charge in [0, 0.05) is 17.4 Å². The van der Waals surface area contributed by atoms with Gasteiger partial charge in [-0.1, -0.05) is 27.2 Å². The summed E-state index contributed by atoms with van der Waals surface area (Å²) in [5.74, 6) is -1.22. The zero-order chi connectivity index (χ0) is 19.3. The Bertz CT molecular complexity index is 827. The van der Waals surface area contributed by atoms with E-state index in [1.165, 1.54) is 6.07 Å². The first kappa shape index (κ1) is 20.0. The third-order valence-corrected chi connectivity index (χ3v) is 4.98. The number of carboxylic acids is 1. The lowest BCUT2D eigenvalue weighted by molar-refractivity contribution is -0.704. The van der Waals surface area contributed by atoms with Crippen molar-refractivity contribution in [3.63, 3.8) is 0 Å².